The topological polar surface area (TPSA) is 149 Å². The van der Waals surface area contributed by atoms with Crippen LogP contribution in [0.2, 0.25) is 0 Å². The van der Waals surface area contributed by atoms with E-state index in [9.17, 15) is 19.6 Å². The Kier molecular flexibility index (Phi) is 4.45. The van der Waals surface area contributed by atoms with Gasteiger partial charge in [0.05, 0.1) is 12.7 Å². The first-order chi connectivity index (χ1) is 9.26. The van der Waals surface area contributed by atoms with Crippen LogP contribution in [0.4, 0.5) is 4.79 Å². The quantitative estimate of drug-likeness (QED) is 0.391. The van der Waals surface area contributed by atoms with E-state index >= 15 is 0 Å². The van der Waals surface area contributed by atoms with Crippen molar-refractivity contribution in [1.82, 2.24) is 10.2 Å². The van der Waals surface area contributed by atoms with Crippen molar-refractivity contribution in [3.63, 3.8) is 0 Å². The van der Waals surface area contributed by atoms with E-state index in [-0.39, 0.29) is 6.42 Å². The number of hydrogen-bond acceptors (Lipinski definition) is 6. The molecule has 0 saturated carbocycles. The highest BCUT2D eigenvalue weighted by Gasteiger charge is 2.40. The Hall–Kier alpha value is -1.00. The zero-order chi connectivity index (χ0) is 14.9. The van der Waals surface area contributed by atoms with Crippen LogP contribution in [0, 0.1) is 0 Å². The van der Waals surface area contributed by atoms with Crippen LogP contribution in [-0.4, -0.2) is 62.2 Å². The van der Waals surface area contributed by atoms with Gasteiger partial charge in [-0.1, -0.05) is 0 Å². The zero-order valence-corrected chi connectivity index (χ0v) is 11.1. The van der Waals surface area contributed by atoms with Crippen molar-refractivity contribution < 1.29 is 38.6 Å². The van der Waals surface area contributed by atoms with E-state index in [1.165, 1.54) is 12.3 Å². The highest BCUT2D eigenvalue weighted by molar-refractivity contribution is 7.46. The Balaban J connectivity index is 1.95. The van der Waals surface area contributed by atoms with Crippen molar-refractivity contribution in [3.05, 3.63) is 12.3 Å². The number of phosphoric ester groups is 1. The first-order valence-electron chi connectivity index (χ1n) is 5.75. The molecule has 0 bridgehead atoms. The van der Waals surface area contributed by atoms with Crippen molar-refractivity contribution in [2.75, 3.05) is 6.61 Å². The van der Waals surface area contributed by atoms with Gasteiger partial charge in [-0.2, -0.15) is 0 Å². The molecule has 0 aromatic heterocycles. The first-order valence-corrected chi connectivity index (χ1v) is 7.28. The van der Waals surface area contributed by atoms with E-state index in [0.29, 0.717) is 0 Å². The van der Waals surface area contributed by atoms with Crippen LogP contribution >= 0.6 is 7.82 Å². The van der Waals surface area contributed by atoms with Gasteiger partial charge in [-0.3, -0.25) is 9.42 Å². The van der Waals surface area contributed by atoms with Gasteiger partial charge in [0.25, 0.3) is 0 Å². The fourth-order valence-corrected chi connectivity index (χ4v) is 2.27. The molecule has 1 unspecified atom stereocenters. The standard InChI is InChI=1S/C9H15N2O8P/c12-5-3-8(11-2-1-7(13)10-9(11)14)19-6(5)4-18-20(15,16)17/h1-2,5-8,12-13H,3-4H2,(H,10,14)(H2,15,16,17)/t5-,6+,7?,8+/m0/s1. The Morgan fingerprint density at radius 3 is 2.80 bits per heavy atom. The Morgan fingerprint density at radius 1 is 1.50 bits per heavy atom. The molecule has 5 N–H and O–H groups in total. The van der Waals surface area contributed by atoms with Crippen LogP contribution in [-0.2, 0) is 13.8 Å². The molecule has 0 aliphatic carbocycles. The number of amides is 2. The minimum absolute atomic E-state index is 0.0586. The summed E-state index contributed by atoms with van der Waals surface area (Å²) in [6, 6.07) is -0.603. The summed E-state index contributed by atoms with van der Waals surface area (Å²) in [5, 5.41) is 21.1. The molecule has 2 amide bonds. The second kappa shape index (κ2) is 5.78. The monoisotopic (exact) mass is 310 g/mol. The molecule has 0 radical (unpaired) electrons. The zero-order valence-electron chi connectivity index (χ0n) is 10.2. The summed E-state index contributed by atoms with van der Waals surface area (Å²) >= 11 is 0. The molecule has 11 heteroatoms. The Labute approximate surface area is 113 Å². The smallest absolute Gasteiger partial charge is 0.390 e. The lowest BCUT2D eigenvalue weighted by molar-refractivity contribution is -0.0547. The van der Waals surface area contributed by atoms with Crippen LogP contribution in [0.25, 0.3) is 0 Å². The third kappa shape index (κ3) is 3.76. The normalized spacial score (nSPS) is 34.4. The summed E-state index contributed by atoms with van der Waals surface area (Å²) in [5.74, 6) is 0. The van der Waals surface area contributed by atoms with E-state index in [0.717, 1.165) is 4.90 Å². The van der Waals surface area contributed by atoms with Crippen LogP contribution in [0.3, 0.4) is 0 Å². The third-order valence-corrected chi connectivity index (χ3v) is 3.34. The lowest BCUT2D eigenvalue weighted by Gasteiger charge is -2.29. The van der Waals surface area contributed by atoms with Crippen molar-refractivity contribution in [2.45, 2.75) is 31.1 Å². The molecular weight excluding hydrogens is 295 g/mol. The summed E-state index contributed by atoms with van der Waals surface area (Å²) in [6.07, 6.45) is -1.19. The van der Waals surface area contributed by atoms with Gasteiger partial charge < -0.3 is 30.1 Å². The number of rotatable bonds is 4. The van der Waals surface area contributed by atoms with Gasteiger partial charge in [0.2, 0.25) is 0 Å². The SMILES string of the molecule is O=C1NC(O)C=CN1[C@H]1C[C@H](O)[C@@H](COP(=O)(O)O)O1. The van der Waals surface area contributed by atoms with E-state index in [1.54, 1.807) is 0 Å². The Morgan fingerprint density at radius 2 is 2.20 bits per heavy atom. The van der Waals surface area contributed by atoms with Crippen LogP contribution < -0.4 is 5.32 Å². The molecule has 2 heterocycles. The minimum atomic E-state index is -4.65. The van der Waals surface area contributed by atoms with E-state index in [2.05, 4.69) is 9.84 Å². The number of ether oxygens (including phenoxy) is 1. The maximum absolute atomic E-state index is 11.6. The van der Waals surface area contributed by atoms with E-state index in [4.69, 9.17) is 14.5 Å². The number of nitrogens with one attached hydrogen (secondary N) is 1. The molecule has 0 aromatic rings. The summed E-state index contributed by atoms with van der Waals surface area (Å²) in [5.41, 5.74) is 0. The number of hydrogen-bond donors (Lipinski definition) is 5. The number of phosphoric acid groups is 1. The second-order valence-electron chi connectivity index (χ2n) is 4.36. The number of carbonyl (C=O) groups excluding carboxylic acids is 1. The minimum Gasteiger partial charge on any atom is -0.390 e. The number of urea groups is 1. The van der Waals surface area contributed by atoms with Gasteiger partial charge in [-0.15, -0.1) is 0 Å². The molecule has 1 saturated heterocycles. The van der Waals surface area contributed by atoms with Gasteiger partial charge in [0.15, 0.2) is 0 Å². The maximum atomic E-state index is 11.6. The van der Waals surface area contributed by atoms with Crippen LogP contribution in [0.15, 0.2) is 12.3 Å². The average Bonchev–Trinajstić information content (AvgIpc) is 2.67. The van der Waals surface area contributed by atoms with Gasteiger partial charge in [-0.05, 0) is 6.08 Å². The molecule has 2 rings (SSSR count). The molecule has 0 aromatic carbocycles. The molecular formula is C9H15N2O8P. The molecule has 0 spiro atoms. The van der Waals surface area contributed by atoms with Crippen molar-refractivity contribution in [3.8, 4) is 0 Å². The fourth-order valence-electron chi connectivity index (χ4n) is 1.92. The summed E-state index contributed by atoms with van der Waals surface area (Å²) < 4.78 is 20.2. The van der Waals surface area contributed by atoms with Gasteiger partial charge in [-0.25, -0.2) is 9.36 Å². The predicted molar refractivity (Wildman–Crippen MR) is 62.8 cm³/mol. The number of nitrogens with zero attached hydrogens (tertiary/aromatic N) is 1. The van der Waals surface area contributed by atoms with Crippen molar-refractivity contribution in [2.24, 2.45) is 0 Å². The number of aliphatic hydroxyl groups excluding tert-OH is 2. The second-order valence-corrected chi connectivity index (χ2v) is 5.60. The molecule has 1 fully saturated rings. The predicted octanol–water partition coefficient (Wildman–Crippen LogP) is -1.57. The van der Waals surface area contributed by atoms with Gasteiger partial charge in [0, 0.05) is 12.6 Å². The van der Waals surface area contributed by atoms with Gasteiger partial charge >= 0.3 is 13.9 Å². The van der Waals surface area contributed by atoms with Crippen molar-refractivity contribution in [1.29, 1.82) is 0 Å². The highest BCUT2D eigenvalue weighted by atomic mass is 31.2. The largest absolute Gasteiger partial charge is 0.469 e. The van der Waals surface area contributed by atoms with Gasteiger partial charge in [0.1, 0.15) is 18.6 Å². The highest BCUT2D eigenvalue weighted by Crippen LogP contribution is 2.37. The molecule has 114 valence electrons. The lowest BCUT2D eigenvalue weighted by atomic mass is 10.2. The maximum Gasteiger partial charge on any atom is 0.469 e. The van der Waals surface area contributed by atoms with E-state index in [1.807, 2.05) is 0 Å². The number of aliphatic hydroxyl groups is 2. The van der Waals surface area contributed by atoms with Crippen molar-refractivity contribution >= 4 is 13.9 Å². The molecule has 2 aliphatic rings. The molecule has 20 heavy (non-hydrogen) atoms. The summed E-state index contributed by atoms with van der Waals surface area (Å²) in [4.78, 5) is 29.9. The molecule has 10 nitrogen and oxygen atoms in total. The number of carbonyl (C=O) groups is 1. The summed E-state index contributed by atoms with van der Waals surface area (Å²) in [7, 11) is -4.65. The third-order valence-electron chi connectivity index (χ3n) is 2.86. The fraction of sp³-hybridized carbons (Fsp3) is 0.667. The molecule has 4 atom stereocenters. The molecule has 2 aliphatic heterocycles. The Bertz CT molecular complexity index is 451. The lowest BCUT2D eigenvalue weighted by Crippen LogP contribution is -2.49. The van der Waals surface area contributed by atoms with Crippen LogP contribution in [0.5, 0.6) is 0 Å². The van der Waals surface area contributed by atoms with Crippen LogP contribution in [0.1, 0.15) is 6.42 Å². The first kappa shape index (κ1) is 15.4. The average molecular weight is 310 g/mol. The summed E-state index contributed by atoms with van der Waals surface area (Å²) in [6.45, 7) is -0.496. The van der Waals surface area contributed by atoms with E-state index < -0.39 is 45.1 Å².